The minimum atomic E-state index is -1.42. The maximum Gasteiger partial charge on any atom is 0.237 e. The van der Waals surface area contributed by atoms with Crippen LogP contribution in [0.15, 0.2) is 30.3 Å². The lowest BCUT2D eigenvalue weighted by atomic mass is 9.62. The van der Waals surface area contributed by atoms with Crippen LogP contribution in [-0.4, -0.2) is 53.2 Å². The summed E-state index contributed by atoms with van der Waals surface area (Å²) in [6.45, 7) is 8.08. The molecular formula is C31H38Cl2F2N2O4. The number of hydrogen-bond donors (Lipinski definition) is 4. The monoisotopic (exact) mass is 610 g/mol. The minimum Gasteiger partial charge on any atom is -0.390 e. The summed E-state index contributed by atoms with van der Waals surface area (Å²) < 4.78 is 29.3. The summed E-state index contributed by atoms with van der Waals surface area (Å²) in [6.07, 6.45) is 1.18. The molecule has 1 heterocycles. The fourth-order valence-electron chi connectivity index (χ4n) is 6.71. The van der Waals surface area contributed by atoms with Gasteiger partial charge in [-0.2, -0.15) is 0 Å². The highest BCUT2D eigenvalue weighted by Gasteiger charge is 2.59. The molecule has 2 aliphatic rings. The number of aliphatic hydroxyl groups excluding tert-OH is 2. The van der Waals surface area contributed by atoms with E-state index in [1.807, 2.05) is 20.8 Å². The van der Waals surface area contributed by atoms with Gasteiger partial charge in [0.15, 0.2) is 0 Å². The van der Waals surface area contributed by atoms with E-state index in [0.29, 0.717) is 48.9 Å². The van der Waals surface area contributed by atoms with E-state index in [0.717, 1.165) is 6.29 Å². The highest BCUT2D eigenvalue weighted by molar-refractivity contribution is 6.31. The van der Waals surface area contributed by atoms with Crippen LogP contribution >= 0.6 is 23.2 Å². The Morgan fingerprint density at radius 3 is 2.32 bits per heavy atom. The molecule has 7 atom stereocenters. The largest absolute Gasteiger partial charge is 0.390 e. The molecule has 1 amide bonds. The van der Waals surface area contributed by atoms with E-state index < -0.39 is 47.3 Å². The number of amides is 1. The van der Waals surface area contributed by atoms with E-state index >= 15 is 4.39 Å². The third-order valence-electron chi connectivity index (χ3n) is 8.58. The van der Waals surface area contributed by atoms with Gasteiger partial charge in [-0.25, -0.2) is 8.78 Å². The Bertz CT molecular complexity index is 1290. The van der Waals surface area contributed by atoms with Crippen LogP contribution in [0.1, 0.15) is 69.1 Å². The lowest BCUT2D eigenvalue weighted by molar-refractivity contribution is -0.123. The Labute approximate surface area is 249 Å². The van der Waals surface area contributed by atoms with Crippen molar-refractivity contribution in [3.63, 3.8) is 0 Å². The van der Waals surface area contributed by atoms with Gasteiger partial charge in [0.1, 0.15) is 17.9 Å². The lowest BCUT2D eigenvalue weighted by Gasteiger charge is -2.39. The van der Waals surface area contributed by atoms with Crippen molar-refractivity contribution in [1.29, 1.82) is 0 Å². The molecule has 0 aromatic heterocycles. The number of rotatable bonds is 8. The molecule has 0 radical (unpaired) electrons. The molecule has 4 N–H and O–H groups in total. The van der Waals surface area contributed by atoms with Gasteiger partial charge in [0, 0.05) is 18.5 Å². The van der Waals surface area contributed by atoms with Gasteiger partial charge < -0.3 is 25.6 Å². The SMILES string of the molecule is Cc1cc(Cl)c(F)cc1[C@]1(C=O)[C@@H](CC(C)(C)C)N[C@@H](C(=O)NCCC2C[C@@H](O)[C@@H](O)C2)[C@@H]1c1ccc(F)c(Cl)c1. The second-order valence-corrected chi connectivity index (χ2v) is 13.6. The normalized spacial score (nSPS) is 30.0. The van der Waals surface area contributed by atoms with E-state index in [1.165, 1.54) is 30.3 Å². The maximum absolute atomic E-state index is 15.0. The molecule has 1 aliphatic heterocycles. The Morgan fingerprint density at radius 1 is 1.10 bits per heavy atom. The molecule has 10 heteroatoms. The maximum atomic E-state index is 15.0. The molecule has 1 unspecified atom stereocenters. The van der Waals surface area contributed by atoms with E-state index in [4.69, 9.17) is 23.2 Å². The molecule has 41 heavy (non-hydrogen) atoms. The summed E-state index contributed by atoms with van der Waals surface area (Å²) in [7, 11) is 0. The summed E-state index contributed by atoms with van der Waals surface area (Å²) in [5.74, 6) is -2.50. The Hall–Kier alpha value is -2.10. The number of hydrogen-bond acceptors (Lipinski definition) is 5. The van der Waals surface area contributed by atoms with E-state index in [2.05, 4.69) is 10.6 Å². The predicted molar refractivity (Wildman–Crippen MR) is 155 cm³/mol. The molecule has 1 aliphatic carbocycles. The van der Waals surface area contributed by atoms with Crippen LogP contribution in [0.2, 0.25) is 10.0 Å². The van der Waals surface area contributed by atoms with Crippen molar-refractivity contribution in [1.82, 2.24) is 10.6 Å². The Kier molecular flexibility index (Phi) is 9.51. The van der Waals surface area contributed by atoms with Gasteiger partial charge in [-0.15, -0.1) is 0 Å². The Balaban J connectivity index is 1.80. The number of halogens is 4. The second kappa shape index (κ2) is 12.3. The van der Waals surface area contributed by atoms with Crippen molar-refractivity contribution in [2.75, 3.05) is 6.54 Å². The minimum absolute atomic E-state index is 0.0611. The Morgan fingerprint density at radius 2 is 1.73 bits per heavy atom. The molecule has 2 fully saturated rings. The number of carbonyl (C=O) groups excluding carboxylic acids is 2. The van der Waals surface area contributed by atoms with Crippen molar-refractivity contribution in [3.8, 4) is 0 Å². The zero-order chi connectivity index (χ0) is 30.3. The number of aryl methyl sites for hydroxylation is 1. The highest BCUT2D eigenvalue weighted by atomic mass is 35.5. The van der Waals surface area contributed by atoms with Crippen LogP contribution in [0.4, 0.5) is 8.78 Å². The first-order valence-electron chi connectivity index (χ1n) is 13.9. The first-order valence-corrected chi connectivity index (χ1v) is 14.7. The molecule has 0 bridgehead atoms. The zero-order valence-corrected chi connectivity index (χ0v) is 25.2. The number of benzene rings is 2. The fraction of sp³-hybridized carbons (Fsp3) is 0.548. The van der Waals surface area contributed by atoms with Gasteiger partial charge >= 0.3 is 0 Å². The molecule has 2 aromatic carbocycles. The van der Waals surface area contributed by atoms with Gasteiger partial charge in [-0.1, -0.05) is 50.0 Å². The topological polar surface area (TPSA) is 98.7 Å². The van der Waals surface area contributed by atoms with Gasteiger partial charge in [0.2, 0.25) is 5.91 Å². The van der Waals surface area contributed by atoms with E-state index in [9.17, 15) is 24.2 Å². The van der Waals surface area contributed by atoms with Crippen LogP contribution in [0, 0.1) is 29.9 Å². The summed E-state index contributed by atoms with van der Waals surface area (Å²) >= 11 is 12.3. The van der Waals surface area contributed by atoms with Crippen LogP contribution in [0.5, 0.6) is 0 Å². The van der Waals surface area contributed by atoms with Crippen LogP contribution in [0.25, 0.3) is 0 Å². The van der Waals surface area contributed by atoms with E-state index in [1.54, 1.807) is 6.92 Å². The fourth-order valence-corrected chi connectivity index (χ4v) is 7.12. The van der Waals surface area contributed by atoms with Crippen LogP contribution in [0.3, 0.4) is 0 Å². The molecule has 1 saturated heterocycles. The predicted octanol–water partition coefficient (Wildman–Crippen LogP) is 5.22. The summed E-state index contributed by atoms with van der Waals surface area (Å²) in [4.78, 5) is 27.3. The van der Waals surface area contributed by atoms with E-state index in [-0.39, 0.29) is 27.3 Å². The zero-order valence-electron chi connectivity index (χ0n) is 23.7. The summed E-state index contributed by atoms with van der Waals surface area (Å²) in [6, 6.07) is 5.33. The first kappa shape index (κ1) is 31.8. The third-order valence-corrected chi connectivity index (χ3v) is 9.16. The first-order chi connectivity index (χ1) is 19.2. The molecule has 4 rings (SSSR count). The molecular weight excluding hydrogens is 573 g/mol. The molecule has 1 saturated carbocycles. The quantitative estimate of drug-likeness (QED) is 0.307. The summed E-state index contributed by atoms with van der Waals surface area (Å²) in [5.41, 5.74) is -0.270. The average Bonchev–Trinajstić information content (AvgIpc) is 3.38. The van der Waals surface area contributed by atoms with Crippen LogP contribution < -0.4 is 10.6 Å². The van der Waals surface area contributed by atoms with Crippen molar-refractivity contribution in [3.05, 3.63) is 68.7 Å². The molecule has 2 aromatic rings. The average molecular weight is 612 g/mol. The summed E-state index contributed by atoms with van der Waals surface area (Å²) in [5, 5.41) is 25.9. The van der Waals surface area contributed by atoms with Crippen molar-refractivity contribution >= 4 is 35.4 Å². The number of carbonyl (C=O) groups is 2. The number of nitrogens with one attached hydrogen (secondary N) is 2. The number of aldehydes is 1. The molecule has 6 nitrogen and oxygen atoms in total. The highest BCUT2D eigenvalue weighted by Crippen LogP contribution is 2.52. The van der Waals surface area contributed by atoms with Gasteiger partial charge in [0.05, 0.1) is 33.7 Å². The third kappa shape index (κ3) is 6.47. The van der Waals surface area contributed by atoms with Gasteiger partial charge in [-0.3, -0.25) is 4.79 Å². The van der Waals surface area contributed by atoms with Crippen molar-refractivity contribution in [2.45, 2.75) is 89.0 Å². The van der Waals surface area contributed by atoms with Gasteiger partial charge in [0.25, 0.3) is 0 Å². The lowest BCUT2D eigenvalue weighted by Crippen LogP contribution is -2.47. The standard InChI is InChI=1S/C31H38Cl2F2N2O4/c1-16-9-20(32)23(35)13-19(16)31(15-38)26(14-30(2,3)4)37-28(27(31)18-5-6-22(34)21(33)12-18)29(41)36-8-7-17-10-24(39)25(40)11-17/h5-6,9,12-13,15,17,24-28,37,39-40H,7-8,10-11,14H2,1-4H3,(H,36,41)/t17?,24-,25+,26-,27+,28-,31-/m1/s1. The molecule has 224 valence electrons. The van der Waals surface area contributed by atoms with Crippen molar-refractivity contribution < 1.29 is 28.6 Å². The number of aliphatic hydroxyl groups is 2. The second-order valence-electron chi connectivity index (χ2n) is 12.8. The van der Waals surface area contributed by atoms with Gasteiger partial charge in [-0.05, 0) is 84.9 Å². The van der Waals surface area contributed by atoms with Crippen molar-refractivity contribution in [2.24, 2.45) is 11.3 Å². The molecule has 0 spiro atoms. The van der Waals surface area contributed by atoms with Crippen LogP contribution in [-0.2, 0) is 15.0 Å². The smallest absolute Gasteiger partial charge is 0.237 e.